The molecule has 0 atom stereocenters. The Bertz CT molecular complexity index is 2800. The van der Waals surface area contributed by atoms with Crippen molar-refractivity contribution in [2.75, 3.05) is 0 Å². The average Bonchev–Trinajstić information content (AvgIpc) is 3.55. The van der Waals surface area contributed by atoms with Crippen molar-refractivity contribution >= 4 is 54.3 Å². The average molecular weight is 623 g/mol. The van der Waals surface area contributed by atoms with Crippen molar-refractivity contribution in [3.63, 3.8) is 0 Å². The van der Waals surface area contributed by atoms with Crippen LogP contribution in [0, 0.1) is 0 Å². The van der Waals surface area contributed by atoms with Gasteiger partial charge in [0.1, 0.15) is 11.2 Å². The Morgan fingerprint density at radius 2 is 0.735 bits per heavy atom. The van der Waals surface area contributed by atoms with Crippen molar-refractivity contribution in [3.8, 4) is 44.5 Å². The molecule has 0 saturated heterocycles. The molecule has 0 amide bonds. The number of benzene rings is 9. The Morgan fingerprint density at radius 3 is 1.37 bits per heavy atom. The standard InChI is InChI=1S/C48H30O/c1-3-15-31(16-4-1)43-29-33(30-44-37-21-13-14-26-45(37)49-48(43)44)34-27-28-42(36-20-8-7-19-35(34)36)47-40-24-11-9-22-38(40)46(32-17-5-2-6-18-32)39-23-10-12-25-41(39)47/h1-30H. The smallest absolute Gasteiger partial charge is 0.143 e. The van der Waals surface area contributed by atoms with Crippen molar-refractivity contribution in [3.05, 3.63) is 182 Å². The number of hydrogen-bond acceptors (Lipinski definition) is 1. The SMILES string of the molecule is c1ccc(-c2c3ccccc3c(-c3ccc(-c4cc(-c5ccccc5)c5oc6ccccc6c5c4)c4ccccc34)c3ccccc23)cc1. The van der Waals surface area contributed by atoms with Crippen molar-refractivity contribution in [1.29, 1.82) is 0 Å². The first-order valence-electron chi connectivity index (χ1n) is 16.9. The van der Waals surface area contributed by atoms with Crippen LogP contribution < -0.4 is 0 Å². The highest BCUT2D eigenvalue weighted by atomic mass is 16.3. The summed E-state index contributed by atoms with van der Waals surface area (Å²) in [6, 6.07) is 65.7. The van der Waals surface area contributed by atoms with E-state index in [1.165, 1.54) is 65.7 Å². The monoisotopic (exact) mass is 622 g/mol. The maximum Gasteiger partial charge on any atom is 0.143 e. The van der Waals surface area contributed by atoms with Crippen LogP contribution in [0.25, 0.3) is 98.8 Å². The molecule has 49 heavy (non-hydrogen) atoms. The second kappa shape index (κ2) is 11.1. The normalized spacial score (nSPS) is 11.7. The van der Waals surface area contributed by atoms with E-state index >= 15 is 0 Å². The van der Waals surface area contributed by atoms with Gasteiger partial charge in [0.15, 0.2) is 0 Å². The molecule has 0 unspecified atom stereocenters. The van der Waals surface area contributed by atoms with Crippen molar-refractivity contribution in [2.45, 2.75) is 0 Å². The Morgan fingerprint density at radius 1 is 0.265 bits per heavy atom. The van der Waals surface area contributed by atoms with Gasteiger partial charge in [-0.05, 0) is 89.5 Å². The molecule has 9 aromatic carbocycles. The van der Waals surface area contributed by atoms with Crippen LogP contribution in [0.1, 0.15) is 0 Å². The van der Waals surface area contributed by atoms with E-state index in [4.69, 9.17) is 4.42 Å². The minimum Gasteiger partial charge on any atom is -0.455 e. The number of rotatable bonds is 4. The summed E-state index contributed by atoms with van der Waals surface area (Å²) in [6.07, 6.45) is 0. The summed E-state index contributed by atoms with van der Waals surface area (Å²) in [7, 11) is 0. The van der Waals surface area contributed by atoms with Gasteiger partial charge in [-0.3, -0.25) is 0 Å². The second-order valence-corrected chi connectivity index (χ2v) is 12.8. The molecule has 1 heterocycles. The van der Waals surface area contributed by atoms with Crippen LogP contribution in [0.5, 0.6) is 0 Å². The van der Waals surface area contributed by atoms with E-state index in [1.807, 2.05) is 6.07 Å². The van der Waals surface area contributed by atoms with Gasteiger partial charge in [-0.1, -0.05) is 164 Å². The molecule has 0 aliphatic carbocycles. The summed E-state index contributed by atoms with van der Waals surface area (Å²) in [5, 5.41) is 9.78. The Balaban J connectivity index is 1.27. The predicted octanol–water partition coefficient (Wildman–Crippen LogP) is 13.7. The summed E-state index contributed by atoms with van der Waals surface area (Å²) in [6.45, 7) is 0. The van der Waals surface area contributed by atoms with Gasteiger partial charge in [-0.15, -0.1) is 0 Å². The molecule has 0 aliphatic rings. The lowest BCUT2D eigenvalue weighted by atomic mass is 9.83. The Kier molecular flexibility index (Phi) is 6.25. The van der Waals surface area contributed by atoms with Crippen LogP contribution in [0.15, 0.2) is 186 Å². The zero-order valence-electron chi connectivity index (χ0n) is 26.7. The number of hydrogen-bond donors (Lipinski definition) is 0. The molecule has 10 rings (SSSR count). The summed E-state index contributed by atoms with van der Waals surface area (Å²) in [4.78, 5) is 0. The first-order valence-corrected chi connectivity index (χ1v) is 16.9. The molecule has 0 radical (unpaired) electrons. The van der Waals surface area contributed by atoms with Crippen molar-refractivity contribution in [2.24, 2.45) is 0 Å². The first kappa shape index (κ1) is 27.7. The van der Waals surface area contributed by atoms with E-state index in [-0.39, 0.29) is 0 Å². The Hall–Kier alpha value is -6.44. The second-order valence-electron chi connectivity index (χ2n) is 12.8. The van der Waals surface area contributed by atoms with Crippen LogP contribution in [-0.2, 0) is 0 Å². The highest BCUT2D eigenvalue weighted by Gasteiger charge is 2.20. The number of fused-ring (bicyclic) bond motifs is 6. The van der Waals surface area contributed by atoms with E-state index in [0.29, 0.717) is 0 Å². The Labute approximate surface area is 284 Å². The molecule has 10 aromatic rings. The highest BCUT2D eigenvalue weighted by Crippen LogP contribution is 2.47. The van der Waals surface area contributed by atoms with Crippen molar-refractivity contribution in [1.82, 2.24) is 0 Å². The van der Waals surface area contributed by atoms with Gasteiger partial charge >= 0.3 is 0 Å². The molecule has 1 heteroatoms. The predicted molar refractivity (Wildman–Crippen MR) is 208 cm³/mol. The molecule has 0 aliphatic heterocycles. The number of para-hydroxylation sites is 1. The van der Waals surface area contributed by atoms with Crippen LogP contribution in [0.2, 0.25) is 0 Å². The lowest BCUT2D eigenvalue weighted by Crippen LogP contribution is -1.92. The van der Waals surface area contributed by atoms with Crippen molar-refractivity contribution < 1.29 is 4.42 Å². The molecule has 0 N–H and O–H groups in total. The maximum atomic E-state index is 6.52. The fraction of sp³-hybridized carbons (Fsp3) is 0. The fourth-order valence-electron chi connectivity index (χ4n) is 7.92. The van der Waals surface area contributed by atoms with Gasteiger partial charge in [-0.25, -0.2) is 0 Å². The fourth-order valence-corrected chi connectivity index (χ4v) is 7.92. The van der Waals surface area contributed by atoms with E-state index in [9.17, 15) is 0 Å². The summed E-state index contributed by atoms with van der Waals surface area (Å²) >= 11 is 0. The minimum atomic E-state index is 0.907. The largest absolute Gasteiger partial charge is 0.455 e. The molecular weight excluding hydrogens is 593 g/mol. The van der Waals surface area contributed by atoms with Gasteiger partial charge in [0, 0.05) is 16.3 Å². The zero-order chi connectivity index (χ0) is 32.3. The molecule has 0 spiro atoms. The maximum absolute atomic E-state index is 6.52. The highest BCUT2D eigenvalue weighted by molar-refractivity contribution is 6.24. The topological polar surface area (TPSA) is 13.1 Å². The van der Waals surface area contributed by atoms with Crippen LogP contribution in [0.3, 0.4) is 0 Å². The first-order chi connectivity index (χ1) is 24.3. The molecule has 228 valence electrons. The van der Waals surface area contributed by atoms with Gasteiger partial charge < -0.3 is 4.42 Å². The number of furan rings is 1. The lowest BCUT2D eigenvalue weighted by molar-refractivity contribution is 0.670. The van der Waals surface area contributed by atoms with Gasteiger partial charge in [0.05, 0.1) is 0 Å². The van der Waals surface area contributed by atoms with Gasteiger partial charge in [0.2, 0.25) is 0 Å². The zero-order valence-corrected chi connectivity index (χ0v) is 26.7. The molecule has 1 aromatic heterocycles. The minimum absolute atomic E-state index is 0.907. The van der Waals surface area contributed by atoms with E-state index in [2.05, 4.69) is 176 Å². The third-order valence-corrected chi connectivity index (χ3v) is 10.1. The quantitative estimate of drug-likeness (QED) is 0.178. The van der Waals surface area contributed by atoms with E-state index in [1.54, 1.807) is 0 Å². The van der Waals surface area contributed by atoms with Crippen LogP contribution in [0.4, 0.5) is 0 Å². The molecule has 0 bridgehead atoms. The molecule has 0 fully saturated rings. The van der Waals surface area contributed by atoms with Crippen LogP contribution in [-0.4, -0.2) is 0 Å². The summed E-state index contributed by atoms with van der Waals surface area (Å²) in [5.74, 6) is 0. The third-order valence-electron chi connectivity index (χ3n) is 10.1. The molecular formula is C48H30O. The van der Waals surface area contributed by atoms with Crippen LogP contribution >= 0.6 is 0 Å². The lowest BCUT2D eigenvalue weighted by Gasteiger charge is -2.20. The van der Waals surface area contributed by atoms with E-state index in [0.717, 1.165) is 33.1 Å². The molecule has 0 saturated carbocycles. The van der Waals surface area contributed by atoms with E-state index < -0.39 is 0 Å². The van der Waals surface area contributed by atoms with Gasteiger partial charge in [-0.2, -0.15) is 0 Å². The van der Waals surface area contributed by atoms with Gasteiger partial charge in [0.25, 0.3) is 0 Å². The molecule has 1 nitrogen and oxygen atoms in total. The third kappa shape index (κ3) is 4.33. The summed E-state index contributed by atoms with van der Waals surface area (Å²) in [5.41, 5.74) is 11.5. The summed E-state index contributed by atoms with van der Waals surface area (Å²) < 4.78 is 6.52.